The molecule has 17 heavy (non-hydrogen) atoms. The first-order valence-corrected chi connectivity index (χ1v) is 6.52. The fourth-order valence-corrected chi connectivity index (χ4v) is 2.86. The maximum Gasteiger partial charge on any atom is 0.320 e. The Morgan fingerprint density at radius 3 is 2.82 bits per heavy atom. The highest BCUT2D eigenvalue weighted by molar-refractivity contribution is 5.84. The second-order valence-electron chi connectivity index (χ2n) is 4.71. The zero-order chi connectivity index (χ0) is 12.4. The van der Waals surface area contributed by atoms with Crippen LogP contribution in [0.15, 0.2) is 0 Å². The van der Waals surface area contributed by atoms with Crippen molar-refractivity contribution in [3.8, 4) is 0 Å². The molecule has 96 valence electrons. The standard InChI is InChI=1S/C12H21N3O2/c1-3-14(4-2)12(17)15-7-5-6-9-10(15)8-13-11(9)16/h9-10H,3-8H2,1-2H3,(H,13,16). The molecule has 0 bridgehead atoms. The predicted octanol–water partition coefficient (Wildman–Crippen LogP) is 0.659. The van der Waals surface area contributed by atoms with Gasteiger partial charge in [-0.3, -0.25) is 4.79 Å². The molecule has 0 saturated carbocycles. The molecule has 2 saturated heterocycles. The zero-order valence-electron chi connectivity index (χ0n) is 10.6. The van der Waals surface area contributed by atoms with Crippen LogP contribution in [-0.2, 0) is 4.79 Å². The van der Waals surface area contributed by atoms with Crippen molar-refractivity contribution < 1.29 is 9.59 Å². The van der Waals surface area contributed by atoms with Gasteiger partial charge in [-0.25, -0.2) is 4.79 Å². The minimum Gasteiger partial charge on any atom is -0.354 e. The lowest BCUT2D eigenvalue weighted by molar-refractivity contribution is -0.123. The van der Waals surface area contributed by atoms with E-state index >= 15 is 0 Å². The molecule has 0 spiro atoms. The van der Waals surface area contributed by atoms with E-state index in [1.54, 1.807) is 0 Å². The molecule has 2 heterocycles. The molecule has 2 rings (SSSR count). The number of hydrogen-bond donors (Lipinski definition) is 1. The predicted molar refractivity (Wildman–Crippen MR) is 64.5 cm³/mol. The molecule has 0 aromatic rings. The van der Waals surface area contributed by atoms with Crippen LogP contribution in [0.1, 0.15) is 26.7 Å². The van der Waals surface area contributed by atoms with Crippen molar-refractivity contribution in [2.75, 3.05) is 26.2 Å². The molecule has 2 atom stereocenters. The number of nitrogens with one attached hydrogen (secondary N) is 1. The van der Waals surface area contributed by atoms with Crippen LogP contribution < -0.4 is 5.32 Å². The van der Waals surface area contributed by atoms with Gasteiger partial charge < -0.3 is 15.1 Å². The van der Waals surface area contributed by atoms with Gasteiger partial charge in [0.25, 0.3) is 0 Å². The third-order valence-corrected chi connectivity index (χ3v) is 3.88. The quantitative estimate of drug-likeness (QED) is 0.769. The molecule has 1 N–H and O–H groups in total. The molecule has 3 amide bonds. The average molecular weight is 239 g/mol. The van der Waals surface area contributed by atoms with E-state index in [0.29, 0.717) is 6.54 Å². The molecule has 0 aliphatic carbocycles. The van der Waals surface area contributed by atoms with E-state index in [1.165, 1.54) is 0 Å². The van der Waals surface area contributed by atoms with E-state index in [0.717, 1.165) is 32.5 Å². The highest BCUT2D eigenvalue weighted by Gasteiger charge is 2.43. The van der Waals surface area contributed by atoms with E-state index in [1.807, 2.05) is 23.6 Å². The van der Waals surface area contributed by atoms with Gasteiger partial charge in [0.2, 0.25) is 5.91 Å². The highest BCUT2D eigenvalue weighted by Crippen LogP contribution is 2.28. The van der Waals surface area contributed by atoms with Crippen LogP contribution in [0.4, 0.5) is 4.79 Å². The topological polar surface area (TPSA) is 52.7 Å². The Hall–Kier alpha value is -1.26. The Kier molecular flexibility index (Phi) is 3.54. The normalized spacial score (nSPS) is 27.6. The minimum absolute atomic E-state index is 0.0169. The van der Waals surface area contributed by atoms with Crippen molar-refractivity contribution >= 4 is 11.9 Å². The van der Waals surface area contributed by atoms with Gasteiger partial charge >= 0.3 is 6.03 Å². The van der Waals surface area contributed by atoms with Gasteiger partial charge in [0, 0.05) is 26.2 Å². The molecule has 2 aliphatic rings. The average Bonchev–Trinajstić information content (AvgIpc) is 2.73. The highest BCUT2D eigenvalue weighted by atomic mass is 16.2. The largest absolute Gasteiger partial charge is 0.354 e. The molecular formula is C12H21N3O2. The smallest absolute Gasteiger partial charge is 0.320 e. The van der Waals surface area contributed by atoms with Gasteiger partial charge in [0.15, 0.2) is 0 Å². The summed E-state index contributed by atoms with van der Waals surface area (Å²) in [4.78, 5) is 27.7. The molecule has 0 radical (unpaired) electrons. The van der Waals surface area contributed by atoms with Crippen LogP contribution in [0.5, 0.6) is 0 Å². The number of rotatable bonds is 2. The van der Waals surface area contributed by atoms with Gasteiger partial charge in [0.05, 0.1) is 12.0 Å². The van der Waals surface area contributed by atoms with Crippen LogP contribution in [0.25, 0.3) is 0 Å². The lowest BCUT2D eigenvalue weighted by atomic mass is 9.92. The van der Waals surface area contributed by atoms with Gasteiger partial charge in [-0.05, 0) is 26.7 Å². The first kappa shape index (κ1) is 12.2. The SMILES string of the molecule is CCN(CC)C(=O)N1CCCC2C(=O)NCC21. The monoisotopic (exact) mass is 239 g/mol. The lowest BCUT2D eigenvalue weighted by Gasteiger charge is -2.38. The van der Waals surface area contributed by atoms with E-state index in [2.05, 4.69) is 5.32 Å². The maximum atomic E-state index is 12.3. The molecule has 2 unspecified atom stereocenters. The minimum atomic E-state index is 0.0169. The summed E-state index contributed by atoms with van der Waals surface area (Å²) in [6.07, 6.45) is 1.85. The van der Waals surface area contributed by atoms with E-state index < -0.39 is 0 Å². The molecule has 0 aromatic heterocycles. The third-order valence-electron chi connectivity index (χ3n) is 3.88. The maximum absolute atomic E-state index is 12.3. The number of carbonyl (C=O) groups excluding carboxylic acids is 2. The number of likely N-dealkylation sites (tertiary alicyclic amines) is 1. The van der Waals surface area contributed by atoms with E-state index in [-0.39, 0.29) is 23.9 Å². The van der Waals surface area contributed by atoms with Crippen LogP contribution >= 0.6 is 0 Å². The van der Waals surface area contributed by atoms with Gasteiger partial charge in [0.1, 0.15) is 0 Å². The second kappa shape index (κ2) is 4.94. The number of piperidine rings is 1. The van der Waals surface area contributed by atoms with Crippen molar-refractivity contribution in [3.05, 3.63) is 0 Å². The lowest BCUT2D eigenvalue weighted by Crippen LogP contribution is -2.53. The number of fused-ring (bicyclic) bond motifs is 1. The third kappa shape index (κ3) is 2.10. The fraction of sp³-hybridized carbons (Fsp3) is 0.833. The Morgan fingerprint density at radius 1 is 1.47 bits per heavy atom. The van der Waals surface area contributed by atoms with Crippen molar-refractivity contribution in [3.63, 3.8) is 0 Å². The summed E-state index contributed by atoms with van der Waals surface area (Å²) in [5.74, 6) is 0.135. The molecule has 2 fully saturated rings. The molecule has 5 nitrogen and oxygen atoms in total. The first-order valence-electron chi connectivity index (χ1n) is 6.52. The first-order chi connectivity index (χ1) is 8.19. The number of urea groups is 1. The molecule has 0 aromatic carbocycles. The Labute approximate surface area is 102 Å². The van der Waals surface area contributed by atoms with Crippen molar-refractivity contribution in [2.45, 2.75) is 32.7 Å². The summed E-state index contributed by atoms with van der Waals surface area (Å²) in [6.45, 7) is 6.83. The van der Waals surface area contributed by atoms with Crippen LogP contribution in [-0.4, -0.2) is 54.0 Å². The Bertz CT molecular complexity index is 315. The summed E-state index contributed by atoms with van der Waals surface area (Å²) < 4.78 is 0. The Morgan fingerprint density at radius 2 is 2.18 bits per heavy atom. The van der Waals surface area contributed by atoms with E-state index in [9.17, 15) is 9.59 Å². The number of hydrogen-bond acceptors (Lipinski definition) is 2. The fourth-order valence-electron chi connectivity index (χ4n) is 2.86. The number of carbonyl (C=O) groups is 2. The molecular weight excluding hydrogens is 218 g/mol. The van der Waals surface area contributed by atoms with Crippen molar-refractivity contribution in [1.82, 2.24) is 15.1 Å². The summed E-state index contributed by atoms with van der Waals surface area (Å²) in [7, 11) is 0. The summed E-state index contributed by atoms with van der Waals surface area (Å²) >= 11 is 0. The van der Waals surface area contributed by atoms with Crippen LogP contribution in [0.3, 0.4) is 0 Å². The second-order valence-corrected chi connectivity index (χ2v) is 4.71. The van der Waals surface area contributed by atoms with Gasteiger partial charge in [-0.2, -0.15) is 0 Å². The van der Waals surface area contributed by atoms with Crippen LogP contribution in [0.2, 0.25) is 0 Å². The zero-order valence-corrected chi connectivity index (χ0v) is 10.6. The van der Waals surface area contributed by atoms with Gasteiger partial charge in [-0.15, -0.1) is 0 Å². The summed E-state index contributed by atoms with van der Waals surface area (Å²) in [6, 6.07) is 0.158. The van der Waals surface area contributed by atoms with Crippen LogP contribution in [0, 0.1) is 5.92 Å². The molecule has 5 heteroatoms. The van der Waals surface area contributed by atoms with E-state index in [4.69, 9.17) is 0 Å². The van der Waals surface area contributed by atoms with Crippen molar-refractivity contribution in [2.24, 2.45) is 5.92 Å². The van der Waals surface area contributed by atoms with Gasteiger partial charge in [-0.1, -0.05) is 0 Å². The Balaban J connectivity index is 2.10. The number of amides is 3. The molecule has 2 aliphatic heterocycles. The summed E-state index contributed by atoms with van der Waals surface area (Å²) in [5, 5.41) is 2.87. The summed E-state index contributed by atoms with van der Waals surface area (Å²) in [5.41, 5.74) is 0. The van der Waals surface area contributed by atoms with Crippen molar-refractivity contribution in [1.29, 1.82) is 0 Å². The number of nitrogens with zero attached hydrogens (tertiary/aromatic N) is 2.